The highest BCUT2D eigenvalue weighted by Crippen LogP contribution is 2.39. The molecular weight excluding hydrogens is 418 g/mol. The molecule has 1 atom stereocenters. The van der Waals surface area contributed by atoms with Gasteiger partial charge in [0.1, 0.15) is 0 Å². The topological polar surface area (TPSA) is 82.1 Å². The summed E-state index contributed by atoms with van der Waals surface area (Å²) in [6, 6.07) is 10.1. The van der Waals surface area contributed by atoms with E-state index in [0.29, 0.717) is 34.4 Å². The van der Waals surface area contributed by atoms with Crippen molar-refractivity contribution in [2.45, 2.75) is 25.8 Å². The van der Waals surface area contributed by atoms with Crippen molar-refractivity contribution in [3.8, 4) is 17.2 Å². The third kappa shape index (κ3) is 4.69. The van der Waals surface area contributed by atoms with Crippen LogP contribution in [0.25, 0.3) is 0 Å². The van der Waals surface area contributed by atoms with Crippen LogP contribution in [0.3, 0.4) is 0 Å². The van der Waals surface area contributed by atoms with Crippen LogP contribution in [-0.4, -0.2) is 47.4 Å². The van der Waals surface area contributed by atoms with Crippen LogP contribution in [0.5, 0.6) is 17.2 Å². The normalized spacial score (nSPS) is 16.9. The minimum absolute atomic E-state index is 0.172. The number of methoxy groups -OCH3 is 3. The minimum Gasteiger partial charge on any atom is -0.493 e. The van der Waals surface area contributed by atoms with Gasteiger partial charge in [-0.1, -0.05) is 26.0 Å². The monoisotopic (exact) mass is 445 g/mol. The summed E-state index contributed by atoms with van der Waals surface area (Å²) < 4.78 is 40.2. The van der Waals surface area contributed by atoms with E-state index in [4.69, 9.17) is 14.2 Å². The standard InChI is InChI=1S/C23H27NO6S/c1-15(2)16-6-8-18(9-7-16)24(19-10-11-31(26,27)14-19)23(25)17-12-20(28-3)22(30-5)21(13-17)29-4/h6-13,15,19H,14H2,1-5H3/t19-/m1/s1. The van der Waals surface area contributed by atoms with Crippen LogP contribution in [0.2, 0.25) is 0 Å². The van der Waals surface area contributed by atoms with Crippen molar-refractivity contribution >= 4 is 21.4 Å². The number of nitrogens with zero attached hydrogens (tertiary/aromatic N) is 1. The highest BCUT2D eigenvalue weighted by molar-refractivity contribution is 7.94. The van der Waals surface area contributed by atoms with E-state index < -0.39 is 15.9 Å². The van der Waals surface area contributed by atoms with E-state index in [1.54, 1.807) is 18.2 Å². The maximum atomic E-state index is 13.6. The zero-order valence-electron chi connectivity index (χ0n) is 18.3. The number of rotatable bonds is 7. The molecule has 0 fully saturated rings. The molecule has 7 nitrogen and oxygen atoms in total. The van der Waals surface area contributed by atoms with Gasteiger partial charge in [0.05, 0.1) is 33.1 Å². The number of anilines is 1. The summed E-state index contributed by atoms with van der Waals surface area (Å²) >= 11 is 0. The van der Waals surface area contributed by atoms with Crippen molar-refractivity contribution in [2.75, 3.05) is 32.0 Å². The zero-order valence-corrected chi connectivity index (χ0v) is 19.1. The highest BCUT2D eigenvalue weighted by Gasteiger charge is 2.33. The summed E-state index contributed by atoms with van der Waals surface area (Å²) in [6.45, 7) is 4.17. The van der Waals surface area contributed by atoms with Crippen molar-refractivity contribution in [1.29, 1.82) is 0 Å². The first-order chi connectivity index (χ1) is 14.7. The number of hydrogen-bond donors (Lipinski definition) is 0. The van der Waals surface area contributed by atoms with Crippen LogP contribution in [-0.2, 0) is 9.84 Å². The Bertz CT molecular complexity index is 1060. The molecule has 2 aromatic rings. The fourth-order valence-electron chi connectivity index (χ4n) is 3.54. The van der Waals surface area contributed by atoms with E-state index in [2.05, 4.69) is 13.8 Å². The summed E-state index contributed by atoms with van der Waals surface area (Å²) in [7, 11) is 1.06. The first kappa shape index (κ1) is 22.7. The number of hydrogen-bond acceptors (Lipinski definition) is 6. The molecule has 1 aliphatic heterocycles. The molecule has 0 spiro atoms. The molecule has 0 unspecified atom stereocenters. The van der Waals surface area contributed by atoms with Crippen LogP contribution >= 0.6 is 0 Å². The second kappa shape index (κ2) is 9.01. The van der Waals surface area contributed by atoms with Crippen molar-refractivity contribution in [2.24, 2.45) is 0 Å². The minimum atomic E-state index is -3.37. The predicted molar refractivity (Wildman–Crippen MR) is 120 cm³/mol. The number of ether oxygens (including phenoxy) is 3. The van der Waals surface area contributed by atoms with Crippen molar-refractivity contribution in [1.82, 2.24) is 0 Å². The van der Waals surface area contributed by atoms with Crippen LogP contribution in [0.1, 0.15) is 35.7 Å². The predicted octanol–water partition coefficient (Wildman–Crippen LogP) is 3.79. The van der Waals surface area contributed by atoms with Gasteiger partial charge in [0.2, 0.25) is 5.75 Å². The summed E-state index contributed by atoms with van der Waals surface area (Å²) in [5.74, 6) is 0.848. The van der Waals surface area contributed by atoms with Crippen LogP contribution < -0.4 is 19.1 Å². The summed E-state index contributed by atoms with van der Waals surface area (Å²) in [6.07, 6.45) is 1.54. The number of carbonyl (C=O) groups is 1. The Morgan fingerprint density at radius 3 is 2.00 bits per heavy atom. The fraction of sp³-hybridized carbons (Fsp3) is 0.348. The molecule has 3 rings (SSSR count). The fourth-order valence-corrected chi connectivity index (χ4v) is 4.81. The van der Waals surface area contributed by atoms with E-state index in [1.807, 2.05) is 24.3 Å². The van der Waals surface area contributed by atoms with Crippen molar-refractivity contribution in [3.63, 3.8) is 0 Å². The van der Waals surface area contributed by atoms with Crippen LogP contribution in [0.4, 0.5) is 5.69 Å². The molecule has 1 amide bonds. The van der Waals surface area contributed by atoms with Crippen LogP contribution in [0.15, 0.2) is 47.9 Å². The third-order valence-electron chi connectivity index (χ3n) is 5.21. The van der Waals surface area contributed by atoms with E-state index in [1.165, 1.54) is 26.2 Å². The Kier molecular flexibility index (Phi) is 6.59. The number of amides is 1. The zero-order chi connectivity index (χ0) is 22.8. The van der Waals surface area contributed by atoms with E-state index >= 15 is 0 Å². The van der Waals surface area contributed by atoms with Gasteiger partial charge in [0, 0.05) is 16.7 Å². The molecule has 2 aromatic carbocycles. The van der Waals surface area contributed by atoms with Crippen LogP contribution in [0, 0.1) is 0 Å². The lowest BCUT2D eigenvalue weighted by Gasteiger charge is -2.28. The quantitative estimate of drug-likeness (QED) is 0.645. The van der Waals surface area contributed by atoms with Gasteiger partial charge < -0.3 is 19.1 Å². The van der Waals surface area contributed by atoms with Gasteiger partial charge in [-0.15, -0.1) is 0 Å². The molecule has 0 saturated heterocycles. The molecule has 8 heteroatoms. The maximum absolute atomic E-state index is 13.6. The Balaban J connectivity index is 2.09. The number of sulfone groups is 1. The molecule has 0 N–H and O–H groups in total. The summed E-state index contributed by atoms with van der Waals surface area (Å²) in [4.78, 5) is 15.1. The van der Waals surface area contributed by atoms with E-state index in [9.17, 15) is 13.2 Å². The lowest BCUT2D eigenvalue weighted by Crippen LogP contribution is -2.41. The lowest BCUT2D eigenvalue weighted by atomic mass is 10.0. The van der Waals surface area contributed by atoms with E-state index in [0.717, 1.165) is 11.0 Å². The van der Waals surface area contributed by atoms with Gasteiger partial charge in [-0.3, -0.25) is 4.79 Å². The Morgan fingerprint density at radius 2 is 1.58 bits per heavy atom. The Morgan fingerprint density at radius 1 is 1.00 bits per heavy atom. The molecule has 0 saturated carbocycles. The van der Waals surface area contributed by atoms with Crippen molar-refractivity contribution in [3.05, 3.63) is 59.0 Å². The van der Waals surface area contributed by atoms with Gasteiger partial charge in [0.15, 0.2) is 21.3 Å². The second-order valence-corrected chi connectivity index (χ2v) is 9.49. The largest absolute Gasteiger partial charge is 0.493 e. The lowest BCUT2D eigenvalue weighted by molar-refractivity contribution is 0.0982. The SMILES string of the molecule is COc1cc(C(=O)N(c2ccc(C(C)C)cc2)[C@@H]2C=CS(=O)(=O)C2)cc(OC)c1OC. The first-order valence-electron chi connectivity index (χ1n) is 9.85. The Hall–Kier alpha value is -3.00. The van der Waals surface area contributed by atoms with Gasteiger partial charge in [-0.2, -0.15) is 0 Å². The molecule has 1 heterocycles. The molecule has 0 aromatic heterocycles. The van der Waals surface area contributed by atoms with Gasteiger partial charge in [-0.05, 0) is 41.8 Å². The highest BCUT2D eigenvalue weighted by atomic mass is 32.2. The van der Waals surface area contributed by atoms with Crippen molar-refractivity contribution < 1.29 is 27.4 Å². The van der Waals surface area contributed by atoms with E-state index in [-0.39, 0.29) is 11.7 Å². The van der Waals surface area contributed by atoms with Gasteiger partial charge in [0.25, 0.3) is 5.91 Å². The number of benzene rings is 2. The average molecular weight is 446 g/mol. The second-order valence-electron chi connectivity index (χ2n) is 7.56. The number of carbonyl (C=O) groups excluding carboxylic acids is 1. The molecule has 0 bridgehead atoms. The average Bonchev–Trinajstić information content (AvgIpc) is 3.12. The summed E-state index contributed by atoms with van der Waals surface area (Å²) in [5.41, 5.74) is 2.02. The molecule has 31 heavy (non-hydrogen) atoms. The molecular formula is C23H27NO6S. The van der Waals surface area contributed by atoms with Gasteiger partial charge in [-0.25, -0.2) is 8.42 Å². The molecule has 0 radical (unpaired) electrons. The third-order valence-corrected chi connectivity index (χ3v) is 6.59. The van der Waals surface area contributed by atoms with Gasteiger partial charge >= 0.3 is 0 Å². The summed E-state index contributed by atoms with van der Waals surface area (Å²) in [5, 5.41) is 1.16. The maximum Gasteiger partial charge on any atom is 0.259 e. The smallest absolute Gasteiger partial charge is 0.259 e. The molecule has 1 aliphatic rings. The first-order valence-corrected chi connectivity index (χ1v) is 11.6. The Labute approximate surface area is 183 Å². The molecule has 166 valence electrons. The molecule has 0 aliphatic carbocycles.